The third kappa shape index (κ3) is 9.61. The van der Waals surface area contributed by atoms with Gasteiger partial charge in [0, 0.05) is 13.6 Å². The number of hydrogen-bond acceptors (Lipinski definition) is 8. The van der Waals surface area contributed by atoms with Crippen molar-refractivity contribution in [2.45, 2.75) is 18.9 Å². The molecule has 0 aromatic carbocycles. The molecular weight excluding hydrogens is 345 g/mol. The van der Waals surface area contributed by atoms with E-state index in [9.17, 15) is 19.0 Å². The van der Waals surface area contributed by atoms with Gasteiger partial charge in [0.15, 0.2) is 11.9 Å². The fourth-order valence-corrected chi connectivity index (χ4v) is 2.01. The fraction of sp³-hybridized carbons (Fsp3) is 0.600. The molecule has 0 saturated heterocycles. The summed E-state index contributed by atoms with van der Waals surface area (Å²) in [5.41, 5.74) is 15.6. The zero-order valence-corrected chi connectivity index (χ0v) is 13.9. The number of carbonyl (C=O) groups is 2. The molecule has 0 aromatic rings. The molecule has 10 N–H and O–H groups in total. The number of nitrogens with one attached hydrogen (secondary N) is 3. The minimum atomic E-state index is -4.99. The van der Waals surface area contributed by atoms with E-state index in [0.717, 1.165) is 4.90 Å². The van der Waals surface area contributed by atoms with Crippen LogP contribution in [0.1, 0.15) is 12.8 Å². The first-order valence-corrected chi connectivity index (χ1v) is 8.11. The molecule has 14 heteroatoms. The topological polar surface area (TPSA) is 231 Å². The van der Waals surface area contributed by atoms with Crippen molar-refractivity contribution in [1.29, 1.82) is 10.8 Å². The Morgan fingerprint density at radius 1 is 1.33 bits per heavy atom. The normalized spacial score (nSPS) is 14.0. The fourth-order valence-electron chi connectivity index (χ4n) is 1.30. The first-order valence-electron chi connectivity index (χ1n) is 6.62. The van der Waals surface area contributed by atoms with Gasteiger partial charge >= 0.3 is 19.8 Å². The molecule has 24 heavy (non-hydrogen) atoms. The van der Waals surface area contributed by atoms with Gasteiger partial charge in [0.25, 0.3) is 0 Å². The molecule has 0 aliphatic rings. The molecule has 0 amide bonds. The van der Waals surface area contributed by atoms with E-state index in [1.165, 1.54) is 7.05 Å². The highest BCUT2D eigenvalue weighted by Crippen LogP contribution is 2.43. The molecule has 0 spiro atoms. The number of phosphoric ester groups is 1. The van der Waals surface area contributed by atoms with Gasteiger partial charge in [-0.2, -0.15) is 0 Å². The van der Waals surface area contributed by atoms with Crippen LogP contribution in [-0.4, -0.2) is 59.8 Å². The van der Waals surface area contributed by atoms with E-state index in [2.05, 4.69) is 14.4 Å². The van der Waals surface area contributed by atoms with Gasteiger partial charge < -0.3 is 36.5 Å². The highest BCUT2D eigenvalue weighted by Gasteiger charge is 2.33. The lowest BCUT2D eigenvalue weighted by Crippen LogP contribution is -2.37. The predicted molar refractivity (Wildman–Crippen MR) is 83.7 cm³/mol. The highest BCUT2D eigenvalue weighted by molar-refractivity contribution is 7.48. The summed E-state index contributed by atoms with van der Waals surface area (Å²) in [6.07, 6.45) is 0.426. The van der Waals surface area contributed by atoms with E-state index in [-0.39, 0.29) is 18.9 Å². The highest BCUT2D eigenvalue weighted by atomic mass is 31.2. The smallest absolute Gasteiger partial charge is 0.370 e. The van der Waals surface area contributed by atoms with Crippen LogP contribution in [0.3, 0.4) is 0 Å². The van der Waals surface area contributed by atoms with Gasteiger partial charge in [0.1, 0.15) is 12.6 Å². The first-order chi connectivity index (χ1) is 10.9. The average molecular weight is 367 g/mol. The van der Waals surface area contributed by atoms with E-state index in [0.29, 0.717) is 6.42 Å². The standard InChI is InChI=1S/C10H22N7O6P/c1-17(10(14)15)5-7(18)22-24(20,21)23-8(19)6(11)3-2-4-16-9(12)13/h6H,2-5,11H2,1H3,(H3,14,15)(H,20,21)(H4,12,13,16)/t6-/m0/s1. The monoisotopic (exact) mass is 367 g/mol. The van der Waals surface area contributed by atoms with Gasteiger partial charge in [0.05, 0.1) is 0 Å². The maximum atomic E-state index is 11.6. The van der Waals surface area contributed by atoms with Gasteiger partial charge in [0.2, 0.25) is 0 Å². The predicted octanol–water partition coefficient (Wildman–Crippen LogP) is -2.41. The lowest BCUT2D eigenvalue weighted by molar-refractivity contribution is -0.141. The van der Waals surface area contributed by atoms with Crippen molar-refractivity contribution in [2.24, 2.45) is 17.2 Å². The molecule has 0 heterocycles. The maximum absolute atomic E-state index is 11.6. The van der Waals surface area contributed by atoms with E-state index in [1.807, 2.05) is 0 Å². The van der Waals surface area contributed by atoms with E-state index in [4.69, 9.17) is 28.0 Å². The Morgan fingerprint density at radius 3 is 2.42 bits per heavy atom. The molecule has 0 aliphatic heterocycles. The Kier molecular flexibility index (Phi) is 8.74. The van der Waals surface area contributed by atoms with Gasteiger partial charge in [-0.05, 0) is 12.8 Å². The zero-order valence-electron chi connectivity index (χ0n) is 13.0. The summed E-state index contributed by atoms with van der Waals surface area (Å²) in [6.45, 7) is -0.306. The summed E-state index contributed by atoms with van der Waals surface area (Å²) in [5.74, 6) is -3.15. The number of hydrogen-bond donors (Lipinski definition) is 7. The van der Waals surface area contributed by atoms with Gasteiger partial charge in [-0.1, -0.05) is 0 Å². The van der Waals surface area contributed by atoms with Crippen LogP contribution in [0.5, 0.6) is 0 Å². The summed E-state index contributed by atoms with van der Waals surface area (Å²) >= 11 is 0. The Labute approximate surface area is 138 Å². The summed E-state index contributed by atoms with van der Waals surface area (Å²) in [7, 11) is -3.71. The van der Waals surface area contributed by atoms with Gasteiger partial charge in [-0.3, -0.25) is 15.7 Å². The second-order valence-corrected chi connectivity index (χ2v) is 5.97. The number of guanidine groups is 2. The summed E-state index contributed by atoms with van der Waals surface area (Å²) in [4.78, 5) is 33.3. The van der Waals surface area contributed by atoms with Crippen LogP contribution in [0.25, 0.3) is 0 Å². The second-order valence-electron chi connectivity index (χ2n) is 4.67. The Balaban J connectivity index is 4.34. The van der Waals surface area contributed by atoms with E-state index < -0.39 is 38.3 Å². The second kappa shape index (κ2) is 9.70. The average Bonchev–Trinajstić information content (AvgIpc) is 2.41. The summed E-state index contributed by atoms with van der Waals surface area (Å²) in [6, 6.07) is -1.22. The van der Waals surface area contributed by atoms with Crippen LogP contribution in [0.2, 0.25) is 0 Å². The molecular formula is C10H22N7O6P. The first kappa shape index (κ1) is 21.6. The molecule has 0 aliphatic carbocycles. The zero-order chi connectivity index (χ0) is 18.9. The number of rotatable bonds is 9. The van der Waals surface area contributed by atoms with Gasteiger partial charge in [-0.25, -0.2) is 14.2 Å². The largest absolute Gasteiger partial charge is 0.589 e. The SMILES string of the molecule is CN(CC(=O)OP(=O)(O)OC(=O)[C@@H](N)CCCNC(=N)N)C(=N)N. The van der Waals surface area contributed by atoms with Crippen molar-refractivity contribution in [3.63, 3.8) is 0 Å². The number of nitrogens with two attached hydrogens (primary N) is 3. The van der Waals surface area contributed by atoms with Crippen LogP contribution < -0.4 is 22.5 Å². The summed E-state index contributed by atoms with van der Waals surface area (Å²) < 4.78 is 19.9. The molecule has 0 aromatic heterocycles. The van der Waals surface area contributed by atoms with Crippen LogP contribution in [-0.2, 0) is 23.2 Å². The van der Waals surface area contributed by atoms with Crippen LogP contribution in [0.15, 0.2) is 0 Å². The van der Waals surface area contributed by atoms with E-state index >= 15 is 0 Å². The summed E-state index contributed by atoms with van der Waals surface area (Å²) in [5, 5.41) is 16.4. The number of nitrogens with zero attached hydrogens (tertiary/aromatic N) is 1. The molecule has 1 unspecified atom stereocenters. The van der Waals surface area contributed by atoms with Crippen LogP contribution >= 0.6 is 7.82 Å². The molecule has 138 valence electrons. The van der Waals surface area contributed by atoms with Crippen molar-refractivity contribution in [3.8, 4) is 0 Å². The lowest BCUT2D eigenvalue weighted by Gasteiger charge is -2.18. The molecule has 0 saturated carbocycles. The van der Waals surface area contributed by atoms with E-state index in [1.54, 1.807) is 0 Å². The van der Waals surface area contributed by atoms with Crippen molar-refractivity contribution >= 4 is 31.7 Å². The molecule has 13 nitrogen and oxygen atoms in total. The molecule has 2 atom stereocenters. The van der Waals surface area contributed by atoms with Gasteiger partial charge in [-0.15, -0.1) is 0 Å². The maximum Gasteiger partial charge on any atom is 0.589 e. The number of likely N-dealkylation sites (N-methyl/N-ethyl adjacent to an activating group) is 1. The van der Waals surface area contributed by atoms with Crippen molar-refractivity contribution < 1.29 is 28.1 Å². The Hall–Kier alpha value is -2.37. The third-order valence-electron chi connectivity index (χ3n) is 2.51. The molecule has 0 rings (SSSR count). The van der Waals surface area contributed by atoms with Crippen LogP contribution in [0.4, 0.5) is 0 Å². The minimum Gasteiger partial charge on any atom is -0.370 e. The molecule has 0 bridgehead atoms. The third-order valence-corrected chi connectivity index (χ3v) is 3.36. The van der Waals surface area contributed by atoms with Crippen molar-refractivity contribution in [1.82, 2.24) is 10.2 Å². The lowest BCUT2D eigenvalue weighted by atomic mass is 10.2. The molecule has 0 fully saturated rings. The number of phosphoric acid groups is 1. The van der Waals surface area contributed by atoms with Crippen LogP contribution in [0, 0.1) is 10.8 Å². The number of carbonyl (C=O) groups excluding carboxylic acids is 2. The minimum absolute atomic E-state index is 0.0835. The molecule has 0 radical (unpaired) electrons. The van der Waals surface area contributed by atoms with Crippen molar-refractivity contribution in [2.75, 3.05) is 20.1 Å². The quantitative estimate of drug-likeness (QED) is 0.0981. The Morgan fingerprint density at radius 2 is 1.92 bits per heavy atom. The van der Waals surface area contributed by atoms with Crippen molar-refractivity contribution in [3.05, 3.63) is 0 Å². The Bertz CT molecular complexity index is 542.